The average molecular weight is 225 g/mol. The van der Waals surface area contributed by atoms with Crippen molar-refractivity contribution in [3.05, 3.63) is 5.82 Å². The Morgan fingerprint density at radius 1 is 1.50 bits per heavy atom. The normalized spacial score (nSPS) is 17.6. The standard InChI is InChI=1S/C10H19N5O/c1-16-9(8-4-5-8)10-12-13-14-15(10)7-3-2-6-11/h8-9H,2-7,11H2,1H3. The Balaban J connectivity index is 1.99. The molecule has 0 aromatic carbocycles. The molecule has 1 unspecified atom stereocenters. The van der Waals surface area contributed by atoms with Crippen LogP contribution in [0.5, 0.6) is 0 Å². The first-order valence-corrected chi connectivity index (χ1v) is 5.85. The number of hydrogen-bond acceptors (Lipinski definition) is 5. The number of rotatable bonds is 7. The highest BCUT2D eigenvalue weighted by Gasteiger charge is 2.35. The first-order chi connectivity index (χ1) is 7.86. The Hall–Kier alpha value is -1.01. The van der Waals surface area contributed by atoms with Gasteiger partial charge in [-0.05, 0) is 48.6 Å². The van der Waals surface area contributed by atoms with Gasteiger partial charge < -0.3 is 10.5 Å². The summed E-state index contributed by atoms with van der Waals surface area (Å²) in [5.41, 5.74) is 5.46. The maximum atomic E-state index is 5.48. The van der Waals surface area contributed by atoms with Gasteiger partial charge in [-0.25, -0.2) is 4.68 Å². The Labute approximate surface area is 95.1 Å². The molecule has 1 aliphatic carbocycles. The summed E-state index contributed by atoms with van der Waals surface area (Å²) >= 11 is 0. The van der Waals surface area contributed by atoms with Crippen molar-refractivity contribution in [3.8, 4) is 0 Å². The molecule has 0 radical (unpaired) electrons. The highest BCUT2D eigenvalue weighted by molar-refractivity contribution is 4.96. The maximum absolute atomic E-state index is 5.48. The average Bonchev–Trinajstić information content (AvgIpc) is 3.02. The van der Waals surface area contributed by atoms with Gasteiger partial charge in [0.05, 0.1) is 0 Å². The molecule has 1 heterocycles. The number of ether oxygens (including phenoxy) is 1. The van der Waals surface area contributed by atoms with Gasteiger partial charge in [0.15, 0.2) is 5.82 Å². The molecule has 1 aliphatic rings. The number of nitrogens with two attached hydrogens (primary N) is 1. The van der Waals surface area contributed by atoms with Crippen molar-refractivity contribution >= 4 is 0 Å². The van der Waals surface area contributed by atoms with Crippen LogP contribution in [0.3, 0.4) is 0 Å². The molecule has 0 saturated heterocycles. The number of unbranched alkanes of at least 4 members (excludes halogenated alkanes) is 1. The molecule has 16 heavy (non-hydrogen) atoms. The zero-order valence-corrected chi connectivity index (χ0v) is 9.67. The Kier molecular flexibility index (Phi) is 3.84. The summed E-state index contributed by atoms with van der Waals surface area (Å²) in [5.74, 6) is 1.46. The molecular weight excluding hydrogens is 206 g/mol. The van der Waals surface area contributed by atoms with E-state index in [1.54, 1.807) is 7.11 Å². The van der Waals surface area contributed by atoms with Gasteiger partial charge in [0.2, 0.25) is 0 Å². The fourth-order valence-electron chi connectivity index (χ4n) is 1.89. The molecule has 90 valence electrons. The Morgan fingerprint density at radius 2 is 2.31 bits per heavy atom. The monoisotopic (exact) mass is 225 g/mol. The van der Waals surface area contributed by atoms with Crippen molar-refractivity contribution in [3.63, 3.8) is 0 Å². The van der Waals surface area contributed by atoms with Crippen LogP contribution in [-0.2, 0) is 11.3 Å². The largest absolute Gasteiger partial charge is 0.373 e. The first-order valence-electron chi connectivity index (χ1n) is 5.85. The SMILES string of the molecule is COC(c1nnnn1CCCCN)C1CC1. The second kappa shape index (κ2) is 5.36. The summed E-state index contributed by atoms with van der Waals surface area (Å²) in [6.07, 6.45) is 4.51. The molecule has 1 aromatic heterocycles. The number of nitrogens with zero attached hydrogens (tertiary/aromatic N) is 4. The van der Waals surface area contributed by atoms with Crippen molar-refractivity contribution in [2.45, 2.75) is 38.3 Å². The van der Waals surface area contributed by atoms with Crippen molar-refractivity contribution < 1.29 is 4.74 Å². The second-order valence-electron chi connectivity index (χ2n) is 4.25. The molecule has 1 aromatic rings. The van der Waals surface area contributed by atoms with Crippen LogP contribution in [0.25, 0.3) is 0 Å². The van der Waals surface area contributed by atoms with E-state index in [1.807, 2.05) is 4.68 Å². The van der Waals surface area contributed by atoms with Crippen molar-refractivity contribution in [1.29, 1.82) is 0 Å². The predicted octanol–water partition coefficient (Wildman–Crippen LogP) is 0.509. The van der Waals surface area contributed by atoms with E-state index in [4.69, 9.17) is 10.5 Å². The lowest BCUT2D eigenvalue weighted by atomic mass is 10.2. The van der Waals surface area contributed by atoms with E-state index < -0.39 is 0 Å². The predicted molar refractivity (Wildman–Crippen MR) is 58.6 cm³/mol. The molecule has 0 amide bonds. The second-order valence-corrected chi connectivity index (χ2v) is 4.25. The highest BCUT2D eigenvalue weighted by Crippen LogP contribution is 2.42. The number of hydrogen-bond donors (Lipinski definition) is 1. The molecule has 2 rings (SSSR count). The maximum Gasteiger partial charge on any atom is 0.180 e. The van der Waals surface area contributed by atoms with Crippen LogP contribution in [0.4, 0.5) is 0 Å². The molecule has 0 aliphatic heterocycles. The minimum atomic E-state index is 0.0628. The smallest absolute Gasteiger partial charge is 0.180 e. The lowest BCUT2D eigenvalue weighted by molar-refractivity contribution is 0.0728. The molecule has 0 bridgehead atoms. The minimum absolute atomic E-state index is 0.0628. The molecule has 1 fully saturated rings. The number of methoxy groups -OCH3 is 1. The van der Waals surface area contributed by atoms with Crippen LogP contribution >= 0.6 is 0 Å². The van der Waals surface area contributed by atoms with Crippen molar-refractivity contribution in [2.75, 3.05) is 13.7 Å². The molecule has 1 atom stereocenters. The Bertz CT molecular complexity index is 323. The van der Waals surface area contributed by atoms with Crippen LogP contribution in [0.15, 0.2) is 0 Å². The van der Waals surface area contributed by atoms with Crippen LogP contribution in [0, 0.1) is 5.92 Å². The topological polar surface area (TPSA) is 78.9 Å². The van der Waals surface area contributed by atoms with Crippen LogP contribution < -0.4 is 5.73 Å². The fraction of sp³-hybridized carbons (Fsp3) is 0.900. The van der Waals surface area contributed by atoms with Gasteiger partial charge in [-0.1, -0.05) is 0 Å². The summed E-state index contributed by atoms with van der Waals surface area (Å²) in [6.45, 7) is 1.54. The van der Waals surface area contributed by atoms with Gasteiger partial charge in [-0.3, -0.25) is 0 Å². The lowest BCUT2D eigenvalue weighted by Crippen LogP contribution is -2.14. The highest BCUT2D eigenvalue weighted by atomic mass is 16.5. The summed E-state index contributed by atoms with van der Waals surface area (Å²) in [7, 11) is 1.72. The van der Waals surface area contributed by atoms with Gasteiger partial charge in [0, 0.05) is 13.7 Å². The van der Waals surface area contributed by atoms with Gasteiger partial charge in [0.1, 0.15) is 6.10 Å². The number of aromatic nitrogens is 4. The third-order valence-corrected chi connectivity index (χ3v) is 2.94. The zero-order chi connectivity index (χ0) is 11.4. The summed E-state index contributed by atoms with van der Waals surface area (Å²) in [5, 5.41) is 11.8. The number of aryl methyl sites for hydroxylation is 1. The van der Waals surface area contributed by atoms with E-state index in [-0.39, 0.29) is 6.10 Å². The summed E-state index contributed by atoms with van der Waals surface area (Å²) in [6, 6.07) is 0. The molecule has 6 nitrogen and oxygen atoms in total. The molecule has 0 spiro atoms. The van der Waals surface area contributed by atoms with Gasteiger partial charge in [0.25, 0.3) is 0 Å². The lowest BCUT2D eigenvalue weighted by Gasteiger charge is -2.13. The molecule has 1 saturated carbocycles. The molecule has 6 heteroatoms. The fourth-order valence-corrected chi connectivity index (χ4v) is 1.89. The minimum Gasteiger partial charge on any atom is -0.373 e. The van der Waals surface area contributed by atoms with Crippen molar-refractivity contribution in [1.82, 2.24) is 20.2 Å². The quantitative estimate of drug-likeness (QED) is 0.684. The van der Waals surface area contributed by atoms with E-state index in [9.17, 15) is 0 Å². The van der Waals surface area contributed by atoms with E-state index in [2.05, 4.69) is 15.5 Å². The van der Waals surface area contributed by atoms with Gasteiger partial charge in [-0.2, -0.15) is 0 Å². The number of tetrazole rings is 1. The van der Waals surface area contributed by atoms with Gasteiger partial charge >= 0.3 is 0 Å². The first kappa shape index (κ1) is 11.5. The van der Waals surface area contributed by atoms with E-state index in [1.165, 1.54) is 12.8 Å². The van der Waals surface area contributed by atoms with E-state index in [0.29, 0.717) is 12.5 Å². The van der Waals surface area contributed by atoms with Crippen LogP contribution in [0.2, 0.25) is 0 Å². The van der Waals surface area contributed by atoms with Crippen LogP contribution in [-0.4, -0.2) is 33.9 Å². The van der Waals surface area contributed by atoms with Gasteiger partial charge in [-0.15, -0.1) is 5.10 Å². The Morgan fingerprint density at radius 3 is 2.94 bits per heavy atom. The van der Waals surface area contributed by atoms with E-state index in [0.717, 1.165) is 25.2 Å². The summed E-state index contributed by atoms with van der Waals surface area (Å²) < 4.78 is 7.33. The molecule has 2 N–H and O–H groups in total. The zero-order valence-electron chi connectivity index (χ0n) is 9.67. The third kappa shape index (κ3) is 2.56. The third-order valence-electron chi connectivity index (χ3n) is 2.94. The summed E-state index contributed by atoms with van der Waals surface area (Å²) in [4.78, 5) is 0. The van der Waals surface area contributed by atoms with E-state index >= 15 is 0 Å². The molecular formula is C10H19N5O. The van der Waals surface area contributed by atoms with Crippen LogP contribution in [0.1, 0.15) is 37.6 Å². The van der Waals surface area contributed by atoms with Crippen molar-refractivity contribution in [2.24, 2.45) is 11.7 Å².